The van der Waals surface area contributed by atoms with E-state index in [1.807, 2.05) is 12.2 Å². The number of hydrogen-bond donors (Lipinski definition) is 0. The minimum Gasteiger partial charge on any atom is -0.372 e. The Morgan fingerprint density at radius 2 is 2.10 bits per heavy atom. The molecule has 0 aromatic carbocycles. The smallest absolute Gasteiger partial charge is 0.159 e. The van der Waals surface area contributed by atoms with Crippen molar-refractivity contribution in [2.24, 2.45) is 17.8 Å². The van der Waals surface area contributed by atoms with Gasteiger partial charge in [0, 0.05) is 24.5 Å². The van der Waals surface area contributed by atoms with E-state index in [0.717, 1.165) is 6.42 Å². The average Bonchev–Trinajstić information content (AvgIpc) is 3.09. The lowest BCUT2D eigenvalue weighted by Crippen LogP contribution is -2.62. The van der Waals surface area contributed by atoms with Gasteiger partial charge in [0.2, 0.25) is 0 Å². The quantitative estimate of drug-likeness (QED) is 0.642. The lowest BCUT2D eigenvalue weighted by molar-refractivity contribution is -0.123. The normalized spacial score (nSPS) is 58.5. The summed E-state index contributed by atoms with van der Waals surface area (Å²) in [5.41, 5.74) is 0. The predicted octanol–water partition coefficient (Wildman–Crippen LogP) is 0.0995. The summed E-state index contributed by atoms with van der Waals surface area (Å²) in [6.45, 7) is 0. The van der Waals surface area contributed by atoms with Crippen LogP contribution in [0.25, 0.3) is 0 Å². The van der Waals surface area contributed by atoms with Gasteiger partial charge in [-0.2, -0.15) is 0 Å². The first kappa shape index (κ1) is 11.9. The van der Waals surface area contributed by atoms with Crippen molar-refractivity contribution in [3.8, 4) is 0 Å². The second-order valence-electron chi connectivity index (χ2n) is 6.77. The van der Waals surface area contributed by atoms with Crippen LogP contribution >= 0.6 is 0 Å². The Morgan fingerprint density at radius 1 is 1.30 bits per heavy atom. The first-order chi connectivity index (χ1) is 9.46. The lowest BCUT2D eigenvalue weighted by atomic mass is 9.65. The van der Waals surface area contributed by atoms with Crippen molar-refractivity contribution in [2.45, 2.75) is 42.0 Å². The monoisotopic (exact) mass is 296 g/mol. The molecule has 108 valence electrons. The van der Waals surface area contributed by atoms with E-state index in [-0.39, 0.29) is 41.8 Å². The highest BCUT2D eigenvalue weighted by Gasteiger charge is 2.80. The molecule has 4 bridgehead atoms. The molecule has 3 saturated heterocycles. The molecule has 4 heterocycles. The zero-order valence-electron chi connectivity index (χ0n) is 11.1. The fourth-order valence-corrected chi connectivity index (χ4v) is 7.58. The number of ether oxygens (including phenoxy) is 2. The molecule has 0 aromatic heterocycles. The molecule has 4 aliphatic heterocycles. The fraction of sp³-hybridized carbons (Fsp3) is 0.786. The third-order valence-corrected chi connectivity index (χ3v) is 8.16. The van der Waals surface area contributed by atoms with Crippen molar-refractivity contribution in [3.05, 3.63) is 12.2 Å². The van der Waals surface area contributed by atoms with Gasteiger partial charge in [-0.25, -0.2) is 8.42 Å². The second kappa shape index (κ2) is 3.20. The van der Waals surface area contributed by atoms with Crippen molar-refractivity contribution in [1.29, 1.82) is 0 Å². The molecule has 0 spiro atoms. The summed E-state index contributed by atoms with van der Waals surface area (Å²) >= 11 is 0. The molecular weight excluding hydrogens is 280 g/mol. The SMILES string of the molecule is CS(=O)(=O)[C@]12[C@H]([C@H]3O[C@@H]1[C@@H]1CCC(=O)[C@@H]13)[C@@H]1C=C[C@H]2O1. The van der Waals surface area contributed by atoms with Crippen molar-refractivity contribution in [1.82, 2.24) is 0 Å². The summed E-state index contributed by atoms with van der Waals surface area (Å²) in [5, 5.41) is 0. The lowest BCUT2D eigenvalue weighted by Gasteiger charge is -2.42. The maximum Gasteiger partial charge on any atom is 0.159 e. The van der Waals surface area contributed by atoms with Gasteiger partial charge >= 0.3 is 0 Å². The van der Waals surface area contributed by atoms with Crippen LogP contribution < -0.4 is 0 Å². The van der Waals surface area contributed by atoms with Crippen LogP contribution in [-0.2, 0) is 24.1 Å². The van der Waals surface area contributed by atoms with Crippen LogP contribution in [0.2, 0.25) is 0 Å². The molecule has 1 aliphatic carbocycles. The molecule has 4 fully saturated rings. The maximum atomic E-state index is 12.6. The largest absolute Gasteiger partial charge is 0.372 e. The Bertz CT molecular complexity index is 652. The predicted molar refractivity (Wildman–Crippen MR) is 68.7 cm³/mol. The van der Waals surface area contributed by atoms with Crippen molar-refractivity contribution in [3.63, 3.8) is 0 Å². The Morgan fingerprint density at radius 3 is 2.85 bits per heavy atom. The highest BCUT2D eigenvalue weighted by molar-refractivity contribution is 7.92. The average molecular weight is 296 g/mol. The van der Waals surface area contributed by atoms with Gasteiger partial charge in [-0.15, -0.1) is 0 Å². The standard InChI is InChI=1S/C14H16O5S/c1-20(16,17)14-9-5-4-8(18-9)11(14)12-10-6(13(14)19-12)2-3-7(10)15/h4-6,8-13H,2-3H2,1H3/t6-,8+,9-,10-,11+,12+,13-,14-/m1/s1. The number of rotatable bonds is 1. The molecule has 8 atom stereocenters. The Balaban J connectivity index is 1.74. The van der Waals surface area contributed by atoms with Crippen LogP contribution in [0.5, 0.6) is 0 Å². The summed E-state index contributed by atoms with van der Waals surface area (Å²) in [4.78, 5) is 12.1. The number of fused-ring (bicyclic) bond motifs is 12. The van der Waals surface area contributed by atoms with Crippen molar-refractivity contribution >= 4 is 15.6 Å². The number of sulfone groups is 1. The zero-order chi connectivity index (χ0) is 13.9. The number of carbonyl (C=O) groups is 1. The molecule has 5 aliphatic rings. The Labute approximate surface area is 117 Å². The van der Waals surface area contributed by atoms with E-state index < -0.39 is 20.7 Å². The second-order valence-corrected chi connectivity index (χ2v) is 9.03. The Hall–Kier alpha value is -0.720. The number of Topliss-reactive ketones (excluding diaryl/α,β-unsaturated/α-hetero) is 1. The van der Waals surface area contributed by atoms with Crippen LogP contribution in [0.3, 0.4) is 0 Å². The highest BCUT2D eigenvalue weighted by Crippen LogP contribution is 2.66. The molecular formula is C14H16O5S. The van der Waals surface area contributed by atoms with Crippen LogP contribution in [0.15, 0.2) is 12.2 Å². The molecule has 20 heavy (non-hydrogen) atoms. The van der Waals surface area contributed by atoms with Crippen LogP contribution in [-0.4, -0.2) is 49.6 Å². The van der Waals surface area contributed by atoms with Crippen LogP contribution in [0.4, 0.5) is 0 Å². The minimum atomic E-state index is -3.33. The van der Waals surface area contributed by atoms with Gasteiger partial charge < -0.3 is 9.47 Å². The summed E-state index contributed by atoms with van der Waals surface area (Å²) < 4.78 is 36.2. The van der Waals surface area contributed by atoms with E-state index in [1.54, 1.807) is 0 Å². The molecule has 0 amide bonds. The van der Waals surface area contributed by atoms with E-state index in [4.69, 9.17) is 9.47 Å². The van der Waals surface area contributed by atoms with E-state index in [0.29, 0.717) is 6.42 Å². The molecule has 0 N–H and O–H groups in total. The van der Waals surface area contributed by atoms with E-state index in [1.165, 1.54) is 6.26 Å². The van der Waals surface area contributed by atoms with Crippen molar-refractivity contribution < 1.29 is 22.7 Å². The first-order valence-electron chi connectivity index (χ1n) is 7.18. The van der Waals surface area contributed by atoms with Crippen LogP contribution in [0, 0.1) is 17.8 Å². The summed E-state index contributed by atoms with van der Waals surface area (Å²) in [6.07, 6.45) is 5.19. The van der Waals surface area contributed by atoms with Gasteiger partial charge in [0.1, 0.15) is 10.5 Å². The highest BCUT2D eigenvalue weighted by atomic mass is 32.2. The molecule has 5 nitrogen and oxygen atoms in total. The van der Waals surface area contributed by atoms with Gasteiger partial charge in [-0.1, -0.05) is 12.2 Å². The first-order valence-corrected chi connectivity index (χ1v) is 9.07. The summed E-state index contributed by atoms with van der Waals surface area (Å²) in [6, 6.07) is 0. The van der Waals surface area contributed by atoms with Crippen molar-refractivity contribution in [2.75, 3.05) is 6.26 Å². The molecule has 0 unspecified atom stereocenters. The van der Waals surface area contributed by atoms with E-state index in [9.17, 15) is 13.2 Å². The van der Waals surface area contributed by atoms with Gasteiger partial charge in [-0.05, 0) is 12.3 Å². The molecule has 6 heteroatoms. The minimum absolute atomic E-state index is 0.0647. The summed E-state index contributed by atoms with van der Waals surface area (Å²) in [7, 11) is -3.33. The van der Waals surface area contributed by atoms with E-state index in [2.05, 4.69) is 0 Å². The topological polar surface area (TPSA) is 69.7 Å². The fourth-order valence-electron chi connectivity index (χ4n) is 5.61. The van der Waals surface area contributed by atoms with Gasteiger partial charge in [0.15, 0.2) is 9.84 Å². The Kier molecular flexibility index (Phi) is 1.90. The molecule has 0 radical (unpaired) electrons. The van der Waals surface area contributed by atoms with Gasteiger partial charge in [0.05, 0.1) is 24.4 Å². The van der Waals surface area contributed by atoms with E-state index >= 15 is 0 Å². The molecule has 0 aromatic rings. The molecule has 1 saturated carbocycles. The number of hydrogen-bond acceptors (Lipinski definition) is 5. The third-order valence-electron chi connectivity index (χ3n) is 6.14. The maximum absolute atomic E-state index is 12.6. The number of ketones is 1. The van der Waals surface area contributed by atoms with Gasteiger partial charge in [-0.3, -0.25) is 4.79 Å². The molecule has 5 rings (SSSR count). The van der Waals surface area contributed by atoms with Crippen LogP contribution in [0.1, 0.15) is 12.8 Å². The number of carbonyl (C=O) groups excluding carboxylic acids is 1. The zero-order valence-corrected chi connectivity index (χ0v) is 11.9. The summed E-state index contributed by atoms with van der Waals surface area (Å²) in [5.74, 6) is 0.00297. The third kappa shape index (κ3) is 0.982. The van der Waals surface area contributed by atoms with Gasteiger partial charge in [0.25, 0.3) is 0 Å².